The third kappa shape index (κ3) is 14.3. The summed E-state index contributed by atoms with van der Waals surface area (Å²) in [6.07, 6.45) is 2.66. The van der Waals surface area contributed by atoms with Gasteiger partial charge in [0.15, 0.2) is 0 Å². The summed E-state index contributed by atoms with van der Waals surface area (Å²) in [5.74, 6) is -1.67. The molecule has 1 aliphatic carbocycles. The van der Waals surface area contributed by atoms with Crippen LogP contribution in [-0.4, -0.2) is 44.6 Å². The number of aliphatic carboxylic acids is 2. The summed E-state index contributed by atoms with van der Waals surface area (Å²) in [6, 6.07) is 0. The number of aliphatic hydroxyl groups is 2. The molecule has 0 saturated carbocycles. The topological polar surface area (TPSA) is 115 Å². The van der Waals surface area contributed by atoms with Crippen molar-refractivity contribution >= 4 is 11.9 Å². The van der Waals surface area contributed by atoms with Crippen molar-refractivity contribution in [2.75, 3.05) is 0 Å². The molecular formula is C11H18O6. The minimum atomic E-state index is -0.833. The van der Waals surface area contributed by atoms with Crippen molar-refractivity contribution in [1.29, 1.82) is 0 Å². The van der Waals surface area contributed by atoms with Gasteiger partial charge in [0.25, 0.3) is 11.9 Å². The van der Waals surface area contributed by atoms with Crippen LogP contribution >= 0.6 is 0 Å². The Hall–Kier alpha value is -1.66. The summed E-state index contributed by atoms with van der Waals surface area (Å²) in [7, 11) is 0. The van der Waals surface area contributed by atoms with E-state index >= 15 is 0 Å². The van der Waals surface area contributed by atoms with Gasteiger partial charge < -0.3 is 20.4 Å². The molecule has 0 aliphatic heterocycles. The van der Waals surface area contributed by atoms with E-state index in [1.807, 2.05) is 0 Å². The van der Waals surface area contributed by atoms with E-state index in [-0.39, 0.29) is 0 Å². The van der Waals surface area contributed by atoms with E-state index in [0.717, 1.165) is 13.8 Å². The molecule has 0 bridgehead atoms. The first-order chi connectivity index (χ1) is 7.68. The fourth-order valence-electron chi connectivity index (χ4n) is 0.833. The first-order valence-corrected chi connectivity index (χ1v) is 4.79. The highest BCUT2D eigenvalue weighted by Gasteiger charge is 2.19. The van der Waals surface area contributed by atoms with Crippen molar-refractivity contribution < 1.29 is 30.0 Å². The second kappa shape index (κ2) is 9.56. The standard InChI is InChI=1S/C7H10O2.2C2H4O2/c1-5-3-2-4-6(8)7(5)9;2*1-2(3)4/h2-3,6-9H,1,4H2;2*1H3,(H,3,4)/t6-,7-;;/m1../s1. The average Bonchev–Trinajstić information content (AvgIpc) is 2.12. The van der Waals surface area contributed by atoms with Crippen molar-refractivity contribution in [1.82, 2.24) is 0 Å². The Labute approximate surface area is 99.5 Å². The number of aliphatic hydroxyl groups excluding tert-OH is 2. The van der Waals surface area contributed by atoms with Crippen molar-refractivity contribution in [3.05, 3.63) is 24.3 Å². The largest absolute Gasteiger partial charge is 0.481 e. The third-order valence-electron chi connectivity index (χ3n) is 1.45. The summed E-state index contributed by atoms with van der Waals surface area (Å²) in [5.41, 5.74) is 0.591. The number of carboxylic acid groups (broad SMARTS) is 2. The molecule has 0 fully saturated rings. The third-order valence-corrected chi connectivity index (χ3v) is 1.45. The quantitative estimate of drug-likeness (QED) is 0.492. The summed E-state index contributed by atoms with van der Waals surface area (Å²) in [5, 5.41) is 32.9. The van der Waals surface area contributed by atoms with Crippen LogP contribution in [-0.2, 0) is 9.59 Å². The molecule has 0 aromatic carbocycles. The molecule has 1 rings (SSSR count). The number of carbonyl (C=O) groups is 2. The van der Waals surface area contributed by atoms with Gasteiger partial charge in [-0.1, -0.05) is 18.7 Å². The summed E-state index contributed by atoms with van der Waals surface area (Å²) in [4.78, 5) is 18.0. The zero-order chi connectivity index (χ0) is 14.0. The summed E-state index contributed by atoms with van der Waals surface area (Å²) in [6.45, 7) is 5.72. The van der Waals surface area contributed by atoms with Gasteiger partial charge in [-0.3, -0.25) is 9.59 Å². The van der Waals surface area contributed by atoms with E-state index in [2.05, 4.69) is 6.58 Å². The Balaban J connectivity index is 0. The van der Waals surface area contributed by atoms with Gasteiger partial charge in [0.1, 0.15) is 6.10 Å². The van der Waals surface area contributed by atoms with Crippen molar-refractivity contribution in [2.24, 2.45) is 0 Å². The van der Waals surface area contributed by atoms with Gasteiger partial charge in [0, 0.05) is 13.8 Å². The zero-order valence-corrected chi connectivity index (χ0v) is 9.83. The molecule has 1 aliphatic rings. The Morgan fingerprint density at radius 1 is 1.24 bits per heavy atom. The molecule has 0 spiro atoms. The van der Waals surface area contributed by atoms with Gasteiger partial charge in [0.05, 0.1) is 6.10 Å². The monoisotopic (exact) mass is 246 g/mol. The summed E-state index contributed by atoms with van der Waals surface area (Å²) >= 11 is 0. The van der Waals surface area contributed by atoms with Crippen LogP contribution in [0.5, 0.6) is 0 Å². The number of carboxylic acids is 2. The van der Waals surface area contributed by atoms with Crippen LogP contribution in [0, 0.1) is 0 Å². The van der Waals surface area contributed by atoms with Gasteiger partial charge in [0.2, 0.25) is 0 Å². The number of hydrogen-bond donors (Lipinski definition) is 4. The lowest BCUT2D eigenvalue weighted by Crippen LogP contribution is -2.28. The molecule has 0 amide bonds. The van der Waals surface area contributed by atoms with Gasteiger partial charge in [-0.2, -0.15) is 0 Å². The Bertz CT molecular complexity index is 274. The molecular weight excluding hydrogens is 228 g/mol. The lowest BCUT2D eigenvalue weighted by Gasteiger charge is -2.20. The number of hydrogen-bond acceptors (Lipinski definition) is 4. The van der Waals surface area contributed by atoms with E-state index < -0.39 is 24.1 Å². The van der Waals surface area contributed by atoms with Gasteiger partial charge in [-0.25, -0.2) is 0 Å². The highest BCUT2D eigenvalue weighted by atomic mass is 16.4. The lowest BCUT2D eigenvalue weighted by molar-refractivity contribution is -0.135. The van der Waals surface area contributed by atoms with Crippen molar-refractivity contribution in [3.63, 3.8) is 0 Å². The SMILES string of the molecule is C=C1C=CC[C@@H](O)[C@@H]1O.CC(=O)O.CC(=O)O. The smallest absolute Gasteiger partial charge is 0.300 e. The van der Waals surface area contributed by atoms with E-state index in [9.17, 15) is 0 Å². The maximum Gasteiger partial charge on any atom is 0.300 e. The second-order valence-electron chi connectivity index (χ2n) is 3.26. The normalized spacial score (nSPS) is 21.5. The average molecular weight is 246 g/mol. The molecule has 0 radical (unpaired) electrons. The zero-order valence-electron chi connectivity index (χ0n) is 9.83. The van der Waals surface area contributed by atoms with E-state index in [4.69, 9.17) is 30.0 Å². The molecule has 0 saturated heterocycles. The molecule has 0 aromatic rings. The highest BCUT2D eigenvalue weighted by Crippen LogP contribution is 2.15. The van der Waals surface area contributed by atoms with Crippen LogP contribution in [0.2, 0.25) is 0 Å². The van der Waals surface area contributed by atoms with Crippen molar-refractivity contribution in [2.45, 2.75) is 32.5 Å². The first kappa shape index (κ1) is 17.7. The van der Waals surface area contributed by atoms with Gasteiger partial charge in [-0.05, 0) is 12.0 Å². The van der Waals surface area contributed by atoms with Crippen LogP contribution in [0.1, 0.15) is 20.3 Å². The Morgan fingerprint density at radius 3 is 1.82 bits per heavy atom. The van der Waals surface area contributed by atoms with Gasteiger partial charge in [-0.15, -0.1) is 0 Å². The fourth-order valence-corrected chi connectivity index (χ4v) is 0.833. The molecule has 0 aromatic heterocycles. The minimum absolute atomic E-state index is 0.528. The maximum atomic E-state index is 9.05. The fraction of sp³-hybridized carbons (Fsp3) is 0.455. The predicted molar refractivity (Wildman–Crippen MR) is 61.5 cm³/mol. The molecule has 4 N–H and O–H groups in total. The Morgan fingerprint density at radius 2 is 1.59 bits per heavy atom. The van der Waals surface area contributed by atoms with Crippen LogP contribution in [0.3, 0.4) is 0 Å². The van der Waals surface area contributed by atoms with E-state index in [1.54, 1.807) is 12.2 Å². The van der Waals surface area contributed by atoms with Crippen LogP contribution in [0.25, 0.3) is 0 Å². The minimum Gasteiger partial charge on any atom is -0.481 e. The maximum absolute atomic E-state index is 9.05. The predicted octanol–water partition coefficient (Wildman–Crippen LogP) is 0.406. The molecule has 6 heteroatoms. The molecule has 17 heavy (non-hydrogen) atoms. The van der Waals surface area contributed by atoms with E-state index in [0.29, 0.717) is 12.0 Å². The highest BCUT2D eigenvalue weighted by molar-refractivity contribution is 5.63. The first-order valence-electron chi connectivity index (χ1n) is 4.79. The Kier molecular flexibility index (Phi) is 9.97. The molecule has 0 unspecified atom stereocenters. The summed E-state index contributed by atoms with van der Waals surface area (Å²) < 4.78 is 0. The van der Waals surface area contributed by atoms with Crippen LogP contribution in [0.15, 0.2) is 24.3 Å². The lowest BCUT2D eigenvalue weighted by atomic mass is 9.98. The number of rotatable bonds is 0. The van der Waals surface area contributed by atoms with Crippen LogP contribution < -0.4 is 0 Å². The van der Waals surface area contributed by atoms with Crippen molar-refractivity contribution in [3.8, 4) is 0 Å². The molecule has 98 valence electrons. The molecule has 6 nitrogen and oxygen atoms in total. The van der Waals surface area contributed by atoms with E-state index in [1.165, 1.54) is 0 Å². The second-order valence-corrected chi connectivity index (χ2v) is 3.26. The van der Waals surface area contributed by atoms with Crippen LogP contribution in [0.4, 0.5) is 0 Å². The molecule has 0 heterocycles. The van der Waals surface area contributed by atoms with Gasteiger partial charge >= 0.3 is 0 Å². The molecule has 2 atom stereocenters.